The number of rotatable bonds is 10. The molecule has 1 aliphatic carbocycles. The van der Waals surface area contributed by atoms with Gasteiger partial charge in [-0.25, -0.2) is 4.79 Å². The van der Waals surface area contributed by atoms with Crippen LogP contribution in [-0.2, 0) is 39.9 Å². The summed E-state index contributed by atoms with van der Waals surface area (Å²) >= 11 is 0. The lowest BCUT2D eigenvalue weighted by Crippen LogP contribution is -2.60. The topological polar surface area (TPSA) is 166 Å². The Morgan fingerprint density at radius 1 is 1.00 bits per heavy atom. The summed E-state index contributed by atoms with van der Waals surface area (Å²) in [4.78, 5) is 67.2. The molecule has 2 N–H and O–H groups in total. The Morgan fingerprint density at radius 2 is 1.75 bits per heavy atom. The molecule has 1 aromatic carbocycles. The van der Waals surface area contributed by atoms with Crippen molar-refractivity contribution in [3.05, 3.63) is 78.3 Å². The van der Waals surface area contributed by atoms with E-state index in [9.17, 15) is 24.3 Å². The summed E-state index contributed by atoms with van der Waals surface area (Å²) in [6, 6.07) is 12.6. The summed E-state index contributed by atoms with van der Waals surface area (Å²) in [5, 5.41) is 15.9. The minimum atomic E-state index is -1.35. The van der Waals surface area contributed by atoms with Crippen LogP contribution < -0.4 is 5.32 Å². The van der Waals surface area contributed by atoms with E-state index < -0.39 is 71.4 Å². The van der Waals surface area contributed by atoms with Crippen LogP contribution in [0.15, 0.2) is 67.1 Å². The SMILES string of the molecule is CC[C@H]1CC(=O)[C@H](C)C(=O)[C@H](C)[C@@H](O[C@@H]2O[C@H](C)C[C@H](N(C)Cc3cccnc3)[C@H]2O)[C@](C)(OCC=Cc2cnc3ccccc3c2)C[C@@H](C)C(=O)[C@H](C)[C@H]2NC(=O)O[C@]12C. The van der Waals surface area contributed by atoms with Crippen molar-refractivity contribution in [2.24, 2.45) is 29.6 Å². The number of fused-ring (bicyclic) bond motifs is 2. The van der Waals surface area contributed by atoms with Gasteiger partial charge in [-0.3, -0.25) is 29.3 Å². The molecule has 3 fully saturated rings. The number of alkyl carbamates (subject to hydrolysis) is 1. The Labute approximate surface area is 360 Å². The van der Waals surface area contributed by atoms with Crippen LogP contribution in [0.5, 0.6) is 0 Å². The highest BCUT2D eigenvalue weighted by atomic mass is 16.7. The molecule has 330 valence electrons. The van der Waals surface area contributed by atoms with Gasteiger partial charge in [0.05, 0.1) is 41.9 Å². The first-order chi connectivity index (χ1) is 28.9. The molecule has 4 heterocycles. The van der Waals surface area contributed by atoms with Crippen molar-refractivity contribution in [3.8, 4) is 0 Å². The van der Waals surface area contributed by atoms with Gasteiger partial charge in [-0.1, -0.05) is 64.1 Å². The van der Waals surface area contributed by atoms with Crippen molar-refractivity contribution in [2.75, 3.05) is 13.7 Å². The van der Waals surface area contributed by atoms with E-state index in [1.807, 2.05) is 94.3 Å². The van der Waals surface area contributed by atoms with E-state index in [1.54, 1.807) is 46.3 Å². The third-order valence-electron chi connectivity index (χ3n) is 13.6. The summed E-state index contributed by atoms with van der Waals surface area (Å²) in [5.41, 5.74) is 0.197. The molecule has 2 aromatic heterocycles. The van der Waals surface area contributed by atoms with Crippen LogP contribution >= 0.6 is 0 Å². The number of ketones is 3. The summed E-state index contributed by atoms with van der Waals surface area (Å²) in [7, 11) is 1.93. The zero-order chi connectivity index (χ0) is 44.2. The number of aromatic nitrogens is 2. The molecule has 13 atom stereocenters. The molecular formula is C48H64N4O9. The van der Waals surface area contributed by atoms with Crippen molar-refractivity contribution < 1.29 is 43.2 Å². The fourth-order valence-electron chi connectivity index (χ4n) is 9.99. The summed E-state index contributed by atoms with van der Waals surface area (Å²) in [6.07, 6.45) is 5.74. The Kier molecular flexibility index (Phi) is 14.6. The van der Waals surface area contributed by atoms with Crippen molar-refractivity contribution in [1.82, 2.24) is 20.2 Å². The second kappa shape index (κ2) is 19.3. The second-order valence-corrected chi connectivity index (χ2v) is 18.1. The molecule has 0 spiro atoms. The first-order valence-corrected chi connectivity index (χ1v) is 21.8. The fourth-order valence-corrected chi connectivity index (χ4v) is 9.99. The molecule has 3 aromatic rings. The lowest BCUT2D eigenvalue weighted by molar-refractivity contribution is -0.297. The fraction of sp³-hybridized carbons (Fsp3) is 0.583. The molecule has 61 heavy (non-hydrogen) atoms. The van der Waals surface area contributed by atoms with Gasteiger partial charge in [-0.2, -0.15) is 0 Å². The monoisotopic (exact) mass is 840 g/mol. The van der Waals surface area contributed by atoms with Crippen LogP contribution in [0.25, 0.3) is 17.0 Å². The molecule has 0 unspecified atom stereocenters. The van der Waals surface area contributed by atoms with E-state index in [4.69, 9.17) is 18.9 Å². The van der Waals surface area contributed by atoms with Crippen molar-refractivity contribution >= 4 is 40.4 Å². The maximum absolute atomic E-state index is 14.7. The second-order valence-electron chi connectivity index (χ2n) is 18.1. The number of benzene rings is 1. The number of hydrogen-bond acceptors (Lipinski definition) is 12. The van der Waals surface area contributed by atoms with Crippen molar-refractivity contribution in [1.29, 1.82) is 0 Å². The average molecular weight is 841 g/mol. The van der Waals surface area contributed by atoms with Crippen LogP contribution in [-0.4, -0.2) is 105 Å². The third-order valence-corrected chi connectivity index (χ3v) is 13.6. The standard InChI is InChI=1S/C48H64N4O9/c1-10-36-23-39(53)30(4)41(55)32(6)44(60-45-42(56)38(21-29(3)59-45)52(9)27-34-15-13-19-49-25-34)47(7,24-28(2)40(54)31(5)43-48(36,8)61-46(57)51-43)58-20-14-16-33-22-35-17-11-12-18-37(35)50-26-33/h11-19,22,25-26,28-32,36,38,42-45,56H,10,20-21,23-24,27H2,1-9H3,(H,51,57)/t28-,29-,30+,31+,32+,36+,38+,42-,43-,44-,45+,47-,48-/m1/s1. The zero-order valence-corrected chi connectivity index (χ0v) is 37.1. The van der Waals surface area contributed by atoms with Gasteiger partial charge in [0.15, 0.2) is 6.29 Å². The van der Waals surface area contributed by atoms with Gasteiger partial charge < -0.3 is 29.4 Å². The van der Waals surface area contributed by atoms with Crippen LogP contribution in [0.2, 0.25) is 0 Å². The zero-order valence-electron chi connectivity index (χ0n) is 37.1. The predicted molar refractivity (Wildman–Crippen MR) is 231 cm³/mol. The molecule has 13 nitrogen and oxygen atoms in total. The quantitative estimate of drug-likeness (QED) is 0.207. The predicted octanol–water partition coefficient (Wildman–Crippen LogP) is 6.74. The minimum absolute atomic E-state index is 0.0326. The number of pyridine rings is 2. The van der Waals surface area contributed by atoms with Crippen LogP contribution in [0, 0.1) is 29.6 Å². The number of amides is 1. The third kappa shape index (κ3) is 10.1. The van der Waals surface area contributed by atoms with Gasteiger partial charge in [-0.05, 0) is 83.3 Å². The Hall–Kier alpha value is -4.40. The normalized spacial score (nSPS) is 35.6. The summed E-state index contributed by atoms with van der Waals surface area (Å²) in [6.45, 7) is 15.0. The number of nitrogens with one attached hydrogen (secondary N) is 1. The Bertz CT molecular complexity index is 2060. The minimum Gasteiger partial charge on any atom is -0.441 e. The number of hydrogen-bond donors (Lipinski definition) is 2. The highest BCUT2D eigenvalue weighted by Gasteiger charge is 2.56. The molecule has 0 radical (unpaired) electrons. The maximum atomic E-state index is 14.7. The average Bonchev–Trinajstić information content (AvgIpc) is 3.56. The molecular weight excluding hydrogens is 777 g/mol. The summed E-state index contributed by atoms with van der Waals surface area (Å²) in [5.74, 6) is -4.60. The number of Topliss-reactive ketones (excluding diaryl/α,β-unsaturated/α-hetero) is 3. The number of nitrogens with zero attached hydrogens (tertiary/aromatic N) is 3. The van der Waals surface area contributed by atoms with E-state index in [0.29, 0.717) is 19.4 Å². The number of likely N-dealkylation sites (N-methyl/N-ethyl adjacent to an activating group) is 1. The number of carbonyl (C=O) groups excluding carboxylic acids is 4. The van der Waals surface area contributed by atoms with Gasteiger partial charge in [0.1, 0.15) is 29.1 Å². The van der Waals surface area contributed by atoms with Crippen LogP contribution in [0.3, 0.4) is 0 Å². The molecule has 6 rings (SSSR count). The van der Waals surface area contributed by atoms with E-state index in [-0.39, 0.29) is 48.9 Å². The first-order valence-electron chi connectivity index (χ1n) is 21.8. The summed E-state index contributed by atoms with van der Waals surface area (Å²) < 4.78 is 26.0. The number of aliphatic hydroxyl groups excluding tert-OH is 1. The van der Waals surface area contributed by atoms with E-state index in [2.05, 4.69) is 15.3 Å². The Morgan fingerprint density at radius 3 is 2.48 bits per heavy atom. The van der Waals surface area contributed by atoms with Gasteiger partial charge in [-0.15, -0.1) is 0 Å². The Balaban J connectivity index is 1.37. The van der Waals surface area contributed by atoms with Gasteiger partial charge in [0, 0.05) is 66.7 Å². The molecule has 3 aliphatic rings. The lowest BCUT2D eigenvalue weighted by Gasteiger charge is -2.47. The number of aliphatic hydroxyl groups is 1. The molecule has 0 bridgehead atoms. The van der Waals surface area contributed by atoms with E-state index >= 15 is 0 Å². The van der Waals surface area contributed by atoms with E-state index in [0.717, 1.165) is 22.0 Å². The highest BCUT2D eigenvalue weighted by molar-refractivity contribution is 6.03. The highest BCUT2D eigenvalue weighted by Crippen LogP contribution is 2.42. The molecule has 1 amide bonds. The molecule has 13 heteroatoms. The van der Waals surface area contributed by atoms with Gasteiger partial charge in [0.2, 0.25) is 0 Å². The largest absolute Gasteiger partial charge is 0.441 e. The van der Waals surface area contributed by atoms with Gasteiger partial charge in [0.25, 0.3) is 0 Å². The number of ether oxygens (including phenoxy) is 4. The smallest absolute Gasteiger partial charge is 0.408 e. The van der Waals surface area contributed by atoms with Gasteiger partial charge >= 0.3 is 6.09 Å². The van der Waals surface area contributed by atoms with E-state index in [1.165, 1.54) is 0 Å². The molecule has 2 aliphatic heterocycles. The van der Waals surface area contributed by atoms with Crippen LogP contribution in [0.4, 0.5) is 4.79 Å². The molecule has 2 saturated heterocycles. The van der Waals surface area contributed by atoms with Crippen LogP contribution in [0.1, 0.15) is 92.2 Å². The maximum Gasteiger partial charge on any atom is 0.408 e. The number of para-hydroxylation sites is 1. The molecule has 1 saturated carbocycles. The lowest BCUT2D eigenvalue weighted by atomic mass is 9.69. The van der Waals surface area contributed by atoms with Crippen molar-refractivity contribution in [2.45, 2.75) is 136 Å². The first kappa shape index (κ1) is 46.1. The van der Waals surface area contributed by atoms with Crippen molar-refractivity contribution in [3.63, 3.8) is 0 Å². The number of carbonyl (C=O) groups is 4.